The van der Waals surface area contributed by atoms with E-state index in [9.17, 15) is 9.59 Å². The molecule has 3 rings (SSSR count). The third-order valence-electron chi connectivity index (χ3n) is 3.18. The smallest absolute Gasteiger partial charge is 0.252 e. The first-order valence-corrected chi connectivity index (χ1v) is 7.63. The molecule has 0 saturated carbocycles. The highest BCUT2D eigenvalue weighted by Gasteiger charge is 2.10. The lowest BCUT2D eigenvalue weighted by atomic mass is 10.1. The van der Waals surface area contributed by atoms with E-state index in [2.05, 4.69) is 0 Å². The first-order valence-electron chi connectivity index (χ1n) is 6.43. The van der Waals surface area contributed by atoms with Gasteiger partial charge in [0.1, 0.15) is 5.75 Å². The largest absolute Gasteiger partial charge is 0.494 e. The van der Waals surface area contributed by atoms with Gasteiger partial charge in [-0.05, 0) is 54.9 Å². The summed E-state index contributed by atoms with van der Waals surface area (Å²) in [5.74, 6) is 0.682. The molecular formula is C16H11ClO3S. The molecule has 2 aromatic carbocycles. The van der Waals surface area contributed by atoms with Crippen LogP contribution in [0.1, 0.15) is 17.3 Å². The predicted octanol–water partition coefficient (Wildman–Crippen LogP) is 4.19. The second-order valence-corrected chi connectivity index (χ2v) is 5.93. The number of halogens is 1. The normalized spacial score (nSPS) is 11.0. The molecule has 5 heteroatoms. The fourth-order valence-electron chi connectivity index (χ4n) is 2.21. The Hall–Kier alpha value is -1.91. The first-order chi connectivity index (χ1) is 10.1. The maximum absolute atomic E-state index is 12.6. The lowest BCUT2D eigenvalue weighted by Crippen LogP contribution is -2.02. The molecule has 0 amide bonds. The minimum Gasteiger partial charge on any atom is -0.494 e. The number of rotatable bonds is 3. The van der Waals surface area contributed by atoms with Crippen LogP contribution in [-0.4, -0.2) is 11.8 Å². The molecule has 0 bridgehead atoms. The summed E-state index contributed by atoms with van der Waals surface area (Å²) in [4.78, 5) is 23.8. The van der Waals surface area contributed by atoms with E-state index in [0.29, 0.717) is 28.7 Å². The van der Waals surface area contributed by atoms with E-state index in [0.717, 1.165) is 9.40 Å². The molecule has 0 atom stereocenters. The molecule has 1 aromatic heterocycles. The van der Waals surface area contributed by atoms with Crippen molar-refractivity contribution in [1.29, 1.82) is 0 Å². The van der Waals surface area contributed by atoms with Crippen molar-refractivity contribution in [3.8, 4) is 5.75 Å². The van der Waals surface area contributed by atoms with E-state index in [1.165, 1.54) is 11.3 Å². The Labute approximate surface area is 129 Å². The lowest BCUT2D eigenvalue weighted by Gasteiger charge is -2.05. The van der Waals surface area contributed by atoms with Crippen molar-refractivity contribution in [2.45, 2.75) is 6.92 Å². The van der Waals surface area contributed by atoms with E-state index in [1.54, 1.807) is 24.3 Å². The molecule has 0 aliphatic carbocycles. The molecule has 106 valence electrons. The van der Waals surface area contributed by atoms with Gasteiger partial charge in [0.2, 0.25) is 0 Å². The Balaban J connectivity index is 2.32. The molecule has 21 heavy (non-hydrogen) atoms. The summed E-state index contributed by atoms with van der Waals surface area (Å²) in [5, 5.41) is 0.689. The zero-order valence-corrected chi connectivity index (χ0v) is 12.8. The topological polar surface area (TPSA) is 43.4 Å². The summed E-state index contributed by atoms with van der Waals surface area (Å²) in [6.07, 6.45) is 0. The molecule has 3 nitrogen and oxygen atoms in total. The Morgan fingerprint density at radius 1 is 1.14 bits per heavy atom. The monoisotopic (exact) mass is 318 g/mol. The number of ether oxygens (including phenoxy) is 1. The van der Waals surface area contributed by atoms with E-state index in [-0.39, 0.29) is 5.43 Å². The van der Waals surface area contributed by atoms with Crippen molar-refractivity contribution in [3.63, 3.8) is 0 Å². The van der Waals surface area contributed by atoms with Gasteiger partial charge in [-0.15, -0.1) is 11.3 Å². The van der Waals surface area contributed by atoms with Gasteiger partial charge >= 0.3 is 0 Å². The summed E-state index contributed by atoms with van der Waals surface area (Å²) < 4.78 is 7.04. The van der Waals surface area contributed by atoms with Crippen LogP contribution in [0.3, 0.4) is 0 Å². The van der Waals surface area contributed by atoms with Gasteiger partial charge in [-0.3, -0.25) is 9.59 Å². The molecule has 0 N–H and O–H groups in total. The van der Waals surface area contributed by atoms with Crippen molar-refractivity contribution >= 4 is 48.4 Å². The van der Waals surface area contributed by atoms with Gasteiger partial charge in [-0.25, -0.2) is 0 Å². The summed E-state index contributed by atoms with van der Waals surface area (Å²) in [6.45, 7) is 2.45. The zero-order valence-electron chi connectivity index (χ0n) is 11.2. The second-order valence-electron chi connectivity index (χ2n) is 4.51. The average Bonchev–Trinajstić information content (AvgIpc) is 2.48. The van der Waals surface area contributed by atoms with Gasteiger partial charge in [-0.2, -0.15) is 0 Å². The maximum atomic E-state index is 12.6. The molecule has 0 aliphatic heterocycles. The Morgan fingerprint density at radius 3 is 2.67 bits per heavy atom. The van der Waals surface area contributed by atoms with Crippen LogP contribution in [0.5, 0.6) is 5.75 Å². The Morgan fingerprint density at radius 2 is 1.95 bits per heavy atom. The Kier molecular flexibility index (Phi) is 3.66. The lowest BCUT2D eigenvalue weighted by molar-refractivity contribution is 0.108. The predicted molar refractivity (Wildman–Crippen MR) is 87.0 cm³/mol. The van der Waals surface area contributed by atoms with Crippen LogP contribution in [0, 0.1) is 0 Å². The highest BCUT2D eigenvalue weighted by atomic mass is 35.5. The zero-order chi connectivity index (χ0) is 15.0. The number of benzene rings is 2. The number of fused-ring (bicyclic) bond motifs is 2. The van der Waals surface area contributed by atoms with Crippen LogP contribution < -0.4 is 10.2 Å². The van der Waals surface area contributed by atoms with E-state index < -0.39 is 5.24 Å². The van der Waals surface area contributed by atoms with Gasteiger partial charge in [0, 0.05) is 25.7 Å². The van der Waals surface area contributed by atoms with Gasteiger partial charge in [0.25, 0.3) is 5.24 Å². The first kappa shape index (κ1) is 14.0. The summed E-state index contributed by atoms with van der Waals surface area (Å²) in [5.41, 5.74) is 0.332. The summed E-state index contributed by atoms with van der Waals surface area (Å²) in [6, 6.07) is 10.3. The molecular weight excluding hydrogens is 308 g/mol. The number of carbonyl (C=O) groups excluding carboxylic acids is 1. The SMILES string of the molecule is CCOc1ccc2sc3cc(C(=O)Cl)ccc3c(=O)c2c1. The van der Waals surface area contributed by atoms with Crippen molar-refractivity contribution < 1.29 is 9.53 Å². The fraction of sp³-hybridized carbons (Fsp3) is 0.125. The number of hydrogen-bond acceptors (Lipinski definition) is 4. The van der Waals surface area contributed by atoms with Crippen LogP contribution in [0.4, 0.5) is 0 Å². The van der Waals surface area contributed by atoms with Crippen molar-refractivity contribution in [2.75, 3.05) is 6.61 Å². The third-order valence-corrected chi connectivity index (χ3v) is 4.53. The standard InChI is InChI=1S/C16H11ClO3S/c1-2-20-10-4-6-13-12(8-10)15(18)11-5-3-9(16(17)19)7-14(11)21-13/h3-8H,2H2,1H3. The molecule has 0 radical (unpaired) electrons. The molecule has 0 unspecified atom stereocenters. The maximum Gasteiger partial charge on any atom is 0.252 e. The van der Waals surface area contributed by atoms with Gasteiger partial charge < -0.3 is 4.74 Å². The van der Waals surface area contributed by atoms with Gasteiger partial charge in [0.15, 0.2) is 5.43 Å². The highest BCUT2D eigenvalue weighted by molar-refractivity contribution is 7.24. The third kappa shape index (κ3) is 2.52. The minimum absolute atomic E-state index is 0.0612. The molecule has 1 heterocycles. The van der Waals surface area contributed by atoms with Crippen molar-refractivity contribution in [3.05, 3.63) is 52.2 Å². The fourth-order valence-corrected chi connectivity index (χ4v) is 3.42. The number of hydrogen-bond donors (Lipinski definition) is 0. The van der Waals surface area contributed by atoms with Crippen LogP contribution in [0.15, 0.2) is 41.2 Å². The minimum atomic E-state index is -0.525. The molecule has 0 aliphatic rings. The van der Waals surface area contributed by atoms with Crippen molar-refractivity contribution in [1.82, 2.24) is 0 Å². The number of carbonyl (C=O) groups is 1. The molecule has 0 saturated heterocycles. The molecule has 0 spiro atoms. The van der Waals surface area contributed by atoms with Gasteiger partial charge in [-0.1, -0.05) is 0 Å². The van der Waals surface area contributed by atoms with Crippen LogP contribution in [-0.2, 0) is 0 Å². The van der Waals surface area contributed by atoms with Crippen LogP contribution in [0.2, 0.25) is 0 Å². The summed E-state index contributed by atoms with van der Waals surface area (Å²) >= 11 is 6.95. The Bertz CT molecular complexity index is 914. The van der Waals surface area contributed by atoms with E-state index >= 15 is 0 Å². The summed E-state index contributed by atoms with van der Waals surface area (Å²) in [7, 11) is 0. The quantitative estimate of drug-likeness (QED) is 0.537. The highest BCUT2D eigenvalue weighted by Crippen LogP contribution is 2.28. The van der Waals surface area contributed by atoms with Gasteiger partial charge in [0.05, 0.1) is 6.61 Å². The average molecular weight is 319 g/mol. The van der Waals surface area contributed by atoms with Crippen LogP contribution in [0.25, 0.3) is 20.2 Å². The molecule has 0 fully saturated rings. The second kappa shape index (κ2) is 5.47. The molecule has 3 aromatic rings. The van der Waals surface area contributed by atoms with Crippen LogP contribution >= 0.6 is 22.9 Å². The van der Waals surface area contributed by atoms with Crippen molar-refractivity contribution in [2.24, 2.45) is 0 Å². The van der Waals surface area contributed by atoms with E-state index in [1.807, 2.05) is 19.1 Å². The van der Waals surface area contributed by atoms with E-state index in [4.69, 9.17) is 16.3 Å².